The average molecular weight is 474 g/mol. The van der Waals surface area contributed by atoms with Crippen LogP contribution in [-0.2, 0) is 0 Å². The first kappa shape index (κ1) is 21.1. The Balaban J connectivity index is 1.68. The van der Waals surface area contributed by atoms with Crippen LogP contribution in [0.5, 0.6) is 0 Å². The van der Waals surface area contributed by atoms with Crippen molar-refractivity contribution >= 4 is 40.4 Å². The van der Waals surface area contributed by atoms with E-state index < -0.39 is 4.92 Å². The molecule has 1 aromatic heterocycles. The number of aromatic nitrogens is 1. The Bertz CT molecular complexity index is 1550. The zero-order valence-electron chi connectivity index (χ0n) is 17.1. The monoisotopic (exact) mass is 473 g/mol. The lowest BCUT2D eigenvalue weighted by molar-refractivity contribution is -0.384. The zero-order chi connectivity index (χ0) is 22.9. The number of rotatable bonds is 4. The van der Waals surface area contributed by atoms with Crippen molar-refractivity contribution < 1.29 is 4.92 Å². The maximum atomic E-state index is 13.4. The third-order valence-electron chi connectivity index (χ3n) is 5.33. The number of nitrogens with zero attached hydrogens (tertiary/aromatic N) is 3. The fraction of sp³-hybridized carbons (Fsp3) is 0.0400. The highest BCUT2D eigenvalue weighted by Gasteiger charge is 2.22. The van der Waals surface area contributed by atoms with Crippen molar-refractivity contribution in [3.63, 3.8) is 0 Å². The number of halogens is 1. The Morgan fingerprint density at radius 2 is 1.70 bits per heavy atom. The second kappa shape index (κ2) is 8.61. The summed E-state index contributed by atoms with van der Waals surface area (Å²) < 4.78 is 2.18. The molecule has 0 saturated heterocycles. The molecule has 0 radical (unpaired) electrons. The Labute approximate surface area is 197 Å². The molecule has 8 heteroatoms. The minimum absolute atomic E-state index is 0.00357. The predicted octanol–water partition coefficient (Wildman–Crippen LogP) is 4.56. The Hall–Kier alpha value is -3.81. The first-order valence-electron chi connectivity index (χ1n) is 10.1. The number of hydrogen-bond acceptors (Lipinski definition) is 5. The summed E-state index contributed by atoms with van der Waals surface area (Å²) in [7, 11) is 0. The topological polar surface area (TPSA) is 77.5 Å². The van der Waals surface area contributed by atoms with Crippen molar-refractivity contribution in [3.8, 4) is 0 Å². The molecule has 1 aliphatic heterocycles. The van der Waals surface area contributed by atoms with E-state index in [1.54, 1.807) is 34.9 Å². The molecule has 0 aliphatic carbocycles. The molecule has 3 aromatic carbocycles. The molecule has 0 spiro atoms. The third-order valence-corrected chi connectivity index (χ3v) is 6.56. The van der Waals surface area contributed by atoms with E-state index in [0.717, 1.165) is 16.8 Å². The van der Waals surface area contributed by atoms with E-state index in [9.17, 15) is 14.9 Å². The summed E-state index contributed by atoms with van der Waals surface area (Å²) in [6.07, 6.45) is 3.72. The van der Waals surface area contributed by atoms with Gasteiger partial charge in [0.1, 0.15) is 0 Å². The summed E-state index contributed by atoms with van der Waals surface area (Å²) in [6, 6.07) is 23.0. The van der Waals surface area contributed by atoms with E-state index in [-0.39, 0.29) is 17.3 Å². The molecule has 0 bridgehead atoms. The van der Waals surface area contributed by atoms with Crippen LogP contribution < -0.4 is 14.9 Å². The van der Waals surface area contributed by atoms with E-state index >= 15 is 0 Å². The van der Waals surface area contributed by atoms with Crippen molar-refractivity contribution in [2.24, 2.45) is 4.99 Å². The fourth-order valence-electron chi connectivity index (χ4n) is 3.69. The minimum atomic E-state index is -0.450. The minimum Gasteiger partial charge on any atom is -0.272 e. The van der Waals surface area contributed by atoms with Crippen LogP contribution in [0.25, 0.3) is 11.8 Å². The van der Waals surface area contributed by atoms with E-state index in [4.69, 9.17) is 16.6 Å². The summed E-state index contributed by atoms with van der Waals surface area (Å²) in [6.45, 7) is 0. The summed E-state index contributed by atoms with van der Waals surface area (Å²) in [5.74, 6) is 0. The number of nitro benzene ring substituents is 1. The van der Waals surface area contributed by atoms with Crippen LogP contribution in [0, 0.1) is 10.1 Å². The number of hydrogen-bond donors (Lipinski definition) is 0. The van der Waals surface area contributed by atoms with Gasteiger partial charge in [-0.05, 0) is 53.1 Å². The first-order valence-corrected chi connectivity index (χ1v) is 11.3. The van der Waals surface area contributed by atoms with Crippen LogP contribution >= 0.6 is 22.9 Å². The van der Waals surface area contributed by atoms with Crippen molar-refractivity contribution in [1.82, 2.24) is 4.57 Å². The van der Waals surface area contributed by atoms with E-state index in [1.165, 1.54) is 23.5 Å². The van der Waals surface area contributed by atoms with Crippen LogP contribution in [0.2, 0.25) is 5.02 Å². The largest absolute Gasteiger partial charge is 0.272 e. The predicted molar refractivity (Wildman–Crippen MR) is 130 cm³/mol. The van der Waals surface area contributed by atoms with Crippen molar-refractivity contribution in [2.45, 2.75) is 6.04 Å². The molecular formula is C25H16ClN3O3S. The van der Waals surface area contributed by atoms with Gasteiger partial charge in [-0.25, -0.2) is 4.99 Å². The average Bonchev–Trinajstić information content (AvgIpc) is 3.15. The number of thiazole rings is 1. The van der Waals surface area contributed by atoms with Gasteiger partial charge in [0, 0.05) is 17.2 Å². The molecule has 0 amide bonds. The van der Waals surface area contributed by atoms with Gasteiger partial charge in [-0.3, -0.25) is 19.5 Å². The van der Waals surface area contributed by atoms with Gasteiger partial charge >= 0.3 is 0 Å². The van der Waals surface area contributed by atoms with Gasteiger partial charge in [0.05, 0.1) is 21.2 Å². The summed E-state index contributed by atoms with van der Waals surface area (Å²) in [5.41, 5.74) is 3.22. The standard InChI is InChI=1S/C25H16ClN3O3S/c26-19-10-8-18(9-11-19)22-15-21(17-4-2-1-3-5-17)27-25-28(22)24(30)23(33-25)14-16-6-12-20(13-7-16)29(31)32/h1-15,22H. The molecule has 4 aromatic rings. The summed E-state index contributed by atoms with van der Waals surface area (Å²) >= 11 is 7.38. The maximum Gasteiger partial charge on any atom is 0.271 e. The van der Waals surface area contributed by atoms with Gasteiger partial charge in [0.15, 0.2) is 4.80 Å². The number of non-ortho nitro benzene ring substituents is 1. The fourth-order valence-corrected chi connectivity index (χ4v) is 4.84. The molecule has 162 valence electrons. The molecule has 0 N–H and O–H groups in total. The van der Waals surface area contributed by atoms with Crippen molar-refractivity contribution in [2.75, 3.05) is 0 Å². The molecule has 1 unspecified atom stereocenters. The summed E-state index contributed by atoms with van der Waals surface area (Å²) in [4.78, 5) is 29.2. The normalized spacial score (nSPS) is 15.5. The van der Waals surface area contributed by atoms with Gasteiger partial charge in [-0.15, -0.1) is 0 Å². The van der Waals surface area contributed by atoms with E-state index in [1.807, 2.05) is 48.5 Å². The molecule has 0 saturated carbocycles. The summed E-state index contributed by atoms with van der Waals surface area (Å²) in [5, 5.41) is 11.5. The second-order valence-corrected chi connectivity index (χ2v) is 8.89. The van der Waals surface area contributed by atoms with Crippen LogP contribution in [-0.4, -0.2) is 9.49 Å². The van der Waals surface area contributed by atoms with Gasteiger partial charge in [-0.2, -0.15) is 0 Å². The lowest BCUT2D eigenvalue weighted by atomic mass is 10.0. The molecule has 33 heavy (non-hydrogen) atoms. The molecular weight excluding hydrogens is 458 g/mol. The van der Waals surface area contributed by atoms with Crippen molar-refractivity contribution in [1.29, 1.82) is 0 Å². The molecule has 2 heterocycles. The molecule has 5 rings (SSSR count). The third kappa shape index (κ3) is 4.16. The number of nitro groups is 1. The molecule has 1 atom stereocenters. The highest BCUT2D eigenvalue weighted by molar-refractivity contribution is 7.07. The van der Waals surface area contributed by atoms with Gasteiger partial charge in [-0.1, -0.05) is 65.4 Å². The number of fused-ring (bicyclic) bond motifs is 1. The zero-order valence-corrected chi connectivity index (χ0v) is 18.7. The Morgan fingerprint density at radius 3 is 2.36 bits per heavy atom. The van der Waals surface area contributed by atoms with Gasteiger partial charge in [0.25, 0.3) is 11.2 Å². The first-order chi connectivity index (χ1) is 16.0. The Morgan fingerprint density at radius 1 is 1.00 bits per heavy atom. The van der Waals surface area contributed by atoms with Crippen LogP contribution in [0.15, 0.2) is 94.7 Å². The SMILES string of the molecule is O=c1c(=Cc2ccc([N+](=O)[O-])cc2)sc2n1C(c1ccc(Cl)cc1)C=C(c1ccccc1)N=2. The quantitative estimate of drug-likeness (QED) is 0.322. The van der Waals surface area contributed by atoms with Gasteiger partial charge in [0.2, 0.25) is 0 Å². The number of allylic oxidation sites excluding steroid dienone is 1. The van der Waals surface area contributed by atoms with Crippen LogP contribution in [0.4, 0.5) is 5.69 Å². The molecule has 1 aliphatic rings. The van der Waals surface area contributed by atoms with E-state index in [0.29, 0.717) is 19.9 Å². The highest BCUT2D eigenvalue weighted by atomic mass is 35.5. The number of benzene rings is 3. The molecule has 0 fully saturated rings. The van der Waals surface area contributed by atoms with E-state index in [2.05, 4.69) is 0 Å². The van der Waals surface area contributed by atoms with Crippen LogP contribution in [0.1, 0.15) is 22.7 Å². The highest BCUT2D eigenvalue weighted by Crippen LogP contribution is 2.27. The molecule has 6 nitrogen and oxygen atoms in total. The maximum absolute atomic E-state index is 13.4. The van der Waals surface area contributed by atoms with Gasteiger partial charge < -0.3 is 0 Å². The lowest BCUT2D eigenvalue weighted by Gasteiger charge is -2.19. The Kier molecular flexibility index (Phi) is 5.50. The smallest absolute Gasteiger partial charge is 0.271 e. The van der Waals surface area contributed by atoms with Crippen LogP contribution in [0.3, 0.4) is 0 Å². The second-order valence-electron chi connectivity index (χ2n) is 7.44. The lowest BCUT2D eigenvalue weighted by Crippen LogP contribution is -2.36. The van der Waals surface area contributed by atoms with Crippen molar-refractivity contribution in [3.05, 3.63) is 136 Å².